The van der Waals surface area contributed by atoms with Gasteiger partial charge < -0.3 is 4.57 Å². The first kappa shape index (κ1) is 22.7. The van der Waals surface area contributed by atoms with Gasteiger partial charge in [-0.1, -0.05) is 94.8 Å². The standard InChI is InChI=1S/C35H23BrN2/c36-33-17-15-25(22-32(33)24-18-20-37-21-19-24)28-10-4-5-11-29(28)26-14-16-31-30-12-6-7-13-34(30)38(35(31)23-26)27-8-2-1-3-9-27/h1-23H. The van der Waals surface area contributed by atoms with Crippen LogP contribution in [-0.2, 0) is 0 Å². The van der Waals surface area contributed by atoms with Gasteiger partial charge in [0.2, 0.25) is 0 Å². The summed E-state index contributed by atoms with van der Waals surface area (Å²) in [5.74, 6) is 0. The highest BCUT2D eigenvalue weighted by atomic mass is 79.9. The molecule has 2 nitrogen and oxygen atoms in total. The molecule has 0 unspecified atom stereocenters. The number of aromatic nitrogens is 2. The van der Waals surface area contributed by atoms with Crippen molar-refractivity contribution in [3.05, 3.63) is 144 Å². The van der Waals surface area contributed by atoms with Crippen LogP contribution >= 0.6 is 15.9 Å². The Kier molecular flexibility index (Phi) is 5.64. The predicted octanol–water partition coefficient (Wildman–Crippen LogP) is 9.94. The monoisotopic (exact) mass is 550 g/mol. The molecule has 3 heteroatoms. The van der Waals surface area contributed by atoms with Crippen molar-refractivity contribution < 1.29 is 0 Å². The first-order chi connectivity index (χ1) is 18.8. The average Bonchev–Trinajstić information content (AvgIpc) is 3.32. The van der Waals surface area contributed by atoms with Crippen LogP contribution in [0.1, 0.15) is 0 Å². The van der Waals surface area contributed by atoms with Gasteiger partial charge in [0, 0.05) is 33.3 Å². The number of nitrogens with zero attached hydrogens (tertiary/aromatic N) is 2. The number of hydrogen-bond donors (Lipinski definition) is 0. The van der Waals surface area contributed by atoms with Gasteiger partial charge in [-0.15, -0.1) is 0 Å². The van der Waals surface area contributed by atoms with Gasteiger partial charge in [0.1, 0.15) is 0 Å². The Morgan fingerprint density at radius 3 is 1.89 bits per heavy atom. The molecule has 0 aliphatic rings. The van der Waals surface area contributed by atoms with E-state index in [1.54, 1.807) is 0 Å². The Hall–Kier alpha value is -4.47. The van der Waals surface area contributed by atoms with E-state index in [2.05, 4.69) is 141 Å². The summed E-state index contributed by atoms with van der Waals surface area (Å²) < 4.78 is 3.44. The Morgan fingerprint density at radius 2 is 1.11 bits per heavy atom. The van der Waals surface area contributed by atoms with E-state index < -0.39 is 0 Å². The van der Waals surface area contributed by atoms with Gasteiger partial charge in [-0.05, 0) is 81.9 Å². The minimum Gasteiger partial charge on any atom is -0.309 e. The molecule has 0 amide bonds. The summed E-state index contributed by atoms with van der Waals surface area (Å²) in [5.41, 5.74) is 10.7. The van der Waals surface area contributed by atoms with Crippen molar-refractivity contribution >= 4 is 37.7 Å². The molecule has 0 saturated heterocycles. The third kappa shape index (κ3) is 3.84. The maximum atomic E-state index is 4.19. The molecule has 0 fully saturated rings. The Morgan fingerprint density at radius 1 is 0.474 bits per heavy atom. The fourth-order valence-electron chi connectivity index (χ4n) is 5.43. The average molecular weight is 551 g/mol. The van der Waals surface area contributed by atoms with Crippen LogP contribution in [0.3, 0.4) is 0 Å². The zero-order valence-electron chi connectivity index (χ0n) is 20.6. The van der Waals surface area contributed by atoms with Crippen LogP contribution in [0.25, 0.3) is 60.9 Å². The number of hydrogen-bond acceptors (Lipinski definition) is 1. The highest BCUT2D eigenvalue weighted by molar-refractivity contribution is 9.10. The first-order valence-corrected chi connectivity index (χ1v) is 13.5. The summed E-state index contributed by atoms with van der Waals surface area (Å²) in [4.78, 5) is 4.19. The minimum absolute atomic E-state index is 1.07. The van der Waals surface area contributed by atoms with Crippen molar-refractivity contribution in [3.63, 3.8) is 0 Å². The number of benzene rings is 5. The molecule has 0 atom stereocenters. The molecule has 0 spiro atoms. The van der Waals surface area contributed by atoms with Crippen LogP contribution < -0.4 is 0 Å². The Bertz CT molecular complexity index is 1920. The molecular formula is C35H23BrN2. The normalized spacial score (nSPS) is 11.3. The summed E-state index contributed by atoms with van der Waals surface area (Å²) in [7, 11) is 0. The summed E-state index contributed by atoms with van der Waals surface area (Å²) in [6.45, 7) is 0. The molecule has 0 bridgehead atoms. The van der Waals surface area contributed by atoms with E-state index in [9.17, 15) is 0 Å². The molecule has 5 aromatic carbocycles. The molecule has 0 aliphatic carbocycles. The van der Waals surface area contributed by atoms with Crippen molar-refractivity contribution in [2.75, 3.05) is 0 Å². The second-order valence-corrected chi connectivity index (χ2v) is 10.3. The van der Waals surface area contributed by atoms with E-state index in [0.717, 1.165) is 15.6 Å². The topological polar surface area (TPSA) is 17.8 Å². The fourth-order valence-corrected chi connectivity index (χ4v) is 5.90. The van der Waals surface area contributed by atoms with Crippen molar-refractivity contribution in [1.82, 2.24) is 9.55 Å². The highest BCUT2D eigenvalue weighted by Gasteiger charge is 2.15. The quantitative estimate of drug-likeness (QED) is 0.213. The zero-order valence-corrected chi connectivity index (χ0v) is 22.1. The van der Waals surface area contributed by atoms with Crippen LogP contribution in [0.2, 0.25) is 0 Å². The molecule has 0 saturated carbocycles. The van der Waals surface area contributed by atoms with Crippen LogP contribution in [-0.4, -0.2) is 9.55 Å². The van der Waals surface area contributed by atoms with E-state index in [4.69, 9.17) is 0 Å². The smallest absolute Gasteiger partial charge is 0.0547 e. The van der Waals surface area contributed by atoms with Gasteiger partial charge in [-0.25, -0.2) is 0 Å². The first-order valence-electron chi connectivity index (χ1n) is 12.7. The predicted molar refractivity (Wildman–Crippen MR) is 163 cm³/mol. The summed E-state index contributed by atoms with van der Waals surface area (Å²) in [5, 5.41) is 2.52. The maximum Gasteiger partial charge on any atom is 0.0547 e. The molecular weight excluding hydrogens is 528 g/mol. The van der Waals surface area contributed by atoms with Gasteiger partial charge in [-0.2, -0.15) is 0 Å². The number of rotatable bonds is 4. The third-order valence-electron chi connectivity index (χ3n) is 7.19. The van der Waals surface area contributed by atoms with Crippen molar-refractivity contribution in [1.29, 1.82) is 0 Å². The van der Waals surface area contributed by atoms with E-state index in [1.807, 2.05) is 24.5 Å². The van der Waals surface area contributed by atoms with Crippen molar-refractivity contribution in [2.45, 2.75) is 0 Å². The van der Waals surface area contributed by atoms with Gasteiger partial charge in [0.05, 0.1) is 11.0 Å². The molecule has 0 N–H and O–H groups in total. The second-order valence-electron chi connectivity index (χ2n) is 9.40. The lowest BCUT2D eigenvalue weighted by molar-refractivity contribution is 1.18. The Balaban J connectivity index is 1.44. The van der Waals surface area contributed by atoms with Crippen LogP contribution in [0, 0.1) is 0 Å². The zero-order chi connectivity index (χ0) is 25.5. The van der Waals surface area contributed by atoms with E-state index in [-0.39, 0.29) is 0 Å². The van der Waals surface area contributed by atoms with E-state index in [1.165, 1.54) is 49.7 Å². The summed E-state index contributed by atoms with van der Waals surface area (Å²) >= 11 is 3.75. The van der Waals surface area contributed by atoms with Gasteiger partial charge in [0.15, 0.2) is 0 Å². The molecule has 0 radical (unpaired) electrons. The summed E-state index contributed by atoms with van der Waals surface area (Å²) in [6.07, 6.45) is 3.67. The molecule has 7 aromatic rings. The van der Waals surface area contributed by atoms with Crippen LogP contribution in [0.15, 0.2) is 144 Å². The molecule has 180 valence electrons. The number of halogens is 1. The Labute approximate surface area is 230 Å². The number of fused-ring (bicyclic) bond motifs is 3. The lowest BCUT2D eigenvalue weighted by Crippen LogP contribution is -1.93. The molecule has 2 heterocycles. The SMILES string of the molecule is Brc1ccc(-c2ccccc2-c2ccc3c4ccccc4n(-c4ccccc4)c3c2)cc1-c1ccncc1. The van der Waals surface area contributed by atoms with Crippen molar-refractivity contribution in [2.24, 2.45) is 0 Å². The number of para-hydroxylation sites is 2. The lowest BCUT2D eigenvalue weighted by Gasteiger charge is -2.14. The fraction of sp³-hybridized carbons (Fsp3) is 0. The van der Waals surface area contributed by atoms with Crippen LogP contribution in [0.4, 0.5) is 0 Å². The maximum absolute atomic E-state index is 4.19. The van der Waals surface area contributed by atoms with Crippen molar-refractivity contribution in [3.8, 4) is 39.1 Å². The minimum atomic E-state index is 1.07. The summed E-state index contributed by atoms with van der Waals surface area (Å²) in [6, 6.07) is 45.5. The largest absolute Gasteiger partial charge is 0.309 e. The number of pyridine rings is 1. The van der Waals surface area contributed by atoms with Gasteiger partial charge in [-0.3, -0.25) is 4.98 Å². The van der Waals surface area contributed by atoms with Gasteiger partial charge >= 0.3 is 0 Å². The second kappa shape index (κ2) is 9.44. The highest BCUT2D eigenvalue weighted by Crippen LogP contribution is 2.39. The van der Waals surface area contributed by atoms with Crippen LogP contribution in [0.5, 0.6) is 0 Å². The van der Waals surface area contributed by atoms with E-state index >= 15 is 0 Å². The molecule has 7 rings (SSSR count). The van der Waals surface area contributed by atoms with E-state index in [0.29, 0.717) is 0 Å². The lowest BCUT2D eigenvalue weighted by atomic mass is 9.92. The van der Waals surface area contributed by atoms with Gasteiger partial charge in [0.25, 0.3) is 0 Å². The molecule has 0 aliphatic heterocycles. The third-order valence-corrected chi connectivity index (χ3v) is 7.89. The molecule has 2 aromatic heterocycles. The molecule has 38 heavy (non-hydrogen) atoms.